The number of halogens is 1. The van der Waals surface area contributed by atoms with Crippen LogP contribution in [0.15, 0.2) is 48.5 Å². The van der Waals surface area contributed by atoms with E-state index in [-0.39, 0.29) is 5.75 Å². The van der Waals surface area contributed by atoms with Crippen LogP contribution in [-0.2, 0) is 15.8 Å². The van der Waals surface area contributed by atoms with E-state index in [0.29, 0.717) is 16.3 Å². The summed E-state index contributed by atoms with van der Waals surface area (Å²) in [7, 11) is -3.43. The Morgan fingerprint density at radius 3 is 2.53 bits per heavy atom. The van der Waals surface area contributed by atoms with E-state index >= 15 is 0 Å². The molecule has 0 unspecified atom stereocenters. The van der Waals surface area contributed by atoms with Gasteiger partial charge in [0.25, 0.3) is 0 Å². The summed E-state index contributed by atoms with van der Waals surface area (Å²) in [4.78, 5) is 0. The molecule has 100 valence electrons. The van der Waals surface area contributed by atoms with Crippen LogP contribution in [0.1, 0.15) is 11.1 Å². The largest absolute Gasteiger partial charge is 0.283 e. The van der Waals surface area contributed by atoms with Gasteiger partial charge in [-0.05, 0) is 42.3 Å². The van der Waals surface area contributed by atoms with E-state index < -0.39 is 10.0 Å². The topological polar surface area (TPSA) is 46.2 Å². The van der Waals surface area contributed by atoms with E-state index in [1.807, 2.05) is 19.1 Å². The highest BCUT2D eigenvalue weighted by Crippen LogP contribution is 2.16. The van der Waals surface area contributed by atoms with Crippen LogP contribution in [-0.4, -0.2) is 8.42 Å². The molecule has 0 saturated heterocycles. The van der Waals surface area contributed by atoms with Gasteiger partial charge in [-0.25, -0.2) is 8.42 Å². The Morgan fingerprint density at radius 1 is 1.11 bits per heavy atom. The van der Waals surface area contributed by atoms with E-state index in [0.717, 1.165) is 5.56 Å². The minimum Gasteiger partial charge on any atom is -0.283 e. The van der Waals surface area contributed by atoms with E-state index in [2.05, 4.69) is 4.72 Å². The third-order valence-corrected chi connectivity index (χ3v) is 4.03. The Bertz CT molecular complexity index is 630. The molecule has 0 fully saturated rings. The van der Waals surface area contributed by atoms with Crippen LogP contribution in [0.2, 0.25) is 5.02 Å². The molecular weight excluding hydrogens is 282 g/mol. The molecule has 0 aliphatic rings. The Hall–Kier alpha value is -1.52. The maximum absolute atomic E-state index is 12.0. The van der Waals surface area contributed by atoms with Crippen LogP contribution in [0.4, 0.5) is 5.69 Å². The van der Waals surface area contributed by atoms with Gasteiger partial charge in [0.1, 0.15) is 0 Å². The second-order valence-corrected chi connectivity index (χ2v) is 6.52. The number of sulfonamides is 1. The first-order chi connectivity index (χ1) is 8.94. The molecule has 0 amide bonds. The SMILES string of the molecule is Cc1cccc(NS(=O)(=O)Cc2cccc(Cl)c2)c1. The second kappa shape index (κ2) is 5.63. The molecule has 0 bridgehead atoms. The lowest BCUT2D eigenvalue weighted by Gasteiger charge is -2.08. The Morgan fingerprint density at radius 2 is 1.84 bits per heavy atom. The fraction of sp³-hybridized carbons (Fsp3) is 0.143. The molecule has 3 nitrogen and oxygen atoms in total. The first-order valence-electron chi connectivity index (χ1n) is 5.76. The first-order valence-corrected chi connectivity index (χ1v) is 7.79. The Kier molecular flexibility index (Phi) is 4.12. The normalized spacial score (nSPS) is 11.3. The number of anilines is 1. The summed E-state index contributed by atoms with van der Waals surface area (Å²) in [5.41, 5.74) is 2.23. The molecule has 19 heavy (non-hydrogen) atoms. The van der Waals surface area contributed by atoms with Gasteiger partial charge in [0.2, 0.25) is 10.0 Å². The Balaban J connectivity index is 2.15. The summed E-state index contributed by atoms with van der Waals surface area (Å²) in [5, 5.41) is 0.531. The zero-order valence-corrected chi connectivity index (χ0v) is 12.0. The van der Waals surface area contributed by atoms with Crippen molar-refractivity contribution >= 4 is 27.3 Å². The third kappa shape index (κ3) is 4.26. The summed E-state index contributed by atoms with van der Waals surface area (Å²) >= 11 is 5.84. The minimum atomic E-state index is -3.43. The number of rotatable bonds is 4. The van der Waals surface area contributed by atoms with Gasteiger partial charge in [-0.1, -0.05) is 35.9 Å². The molecular formula is C14H14ClNO2S. The van der Waals surface area contributed by atoms with E-state index in [9.17, 15) is 8.42 Å². The number of benzene rings is 2. The third-order valence-electron chi connectivity index (χ3n) is 2.54. The zero-order valence-electron chi connectivity index (χ0n) is 10.4. The smallest absolute Gasteiger partial charge is 0.236 e. The van der Waals surface area contributed by atoms with Crippen molar-refractivity contribution in [2.24, 2.45) is 0 Å². The van der Waals surface area contributed by atoms with Crippen LogP contribution < -0.4 is 4.72 Å². The molecule has 0 atom stereocenters. The molecule has 0 spiro atoms. The van der Waals surface area contributed by atoms with E-state index in [4.69, 9.17) is 11.6 Å². The van der Waals surface area contributed by atoms with E-state index in [1.54, 1.807) is 36.4 Å². The fourth-order valence-electron chi connectivity index (χ4n) is 1.77. The monoisotopic (exact) mass is 295 g/mol. The summed E-state index contributed by atoms with van der Waals surface area (Å²) in [6.45, 7) is 1.91. The molecule has 2 rings (SSSR count). The number of hydrogen-bond donors (Lipinski definition) is 1. The van der Waals surface area contributed by atoms with Crippen molar-refractivity contribution in [2.75, 3.05) is 4.72 Å². The van der Waals surface area contributed by atoms with Crippen LogP contribution in [0.3, 0.4) is 0 Å². The van der Waals surface area contributed by atoms with Crippen molar-refractivity contribution in [2.45, 2.75) is 12.7 Å². The highest BCUT2D eigenvalue weighted by atomic mass is 35.5. The number of aryl methyl sites for hydroxylation is 1. The summed E-state index contributed by atoms with van der Waals surface area (Å²) in [6, 6.07) is 14.1. The lowest BCUT2D eigenvalue weighted by atomic mass is 10.2. The van der Waals surface area contributed by atoms with Crippen LogP contribution in [0.25, 0.3) is 0 Å². The highest BCUT2D eigenvalue weighted by Gasteiger charge is 2.12. The average molecular weight is 296 g/mol. The molecule has 0 aliphatic heterocycles. The molecule has 0 heterocycles. The number of hydrogen-bond acceptors (Lipinski definition) is 2. The molecule has 0 aliphatic carbocycles. The maximum atomic E-state index is 12.0. The summed E-state index contributed by atoms with van der Waals surface area (Å²) in [6.07, 6.45) is 0. The van der Waals surface area contributed by atoms with Crippen molar-refractivity contribution in [1.82, 2.24) is 0 Å². The van der Waals surface area contributed by atoms with Crippen LogP contribution >= 0.6 is 11.6 Å². The van der Waals surface area contributed by atoms with Gasteiger partial charge in [-0.2, -0.15) is 0 Å². The number of nitrogens with one attached hydrogen (secondary N) is 1. The quantitative estimate of drug-likeness (QED) is 0.937. The van der Waals surface area contributed by atoms with Crippen molar-refractivity contribution < 1.29 is 8.42 Å². The van der Waals surface area contributed by atoms with Gasteiger partial charge in [0.05, 0.1) is 5.75 Å². The van der Waals surface area contributed by atoms with Gasteiger partial charge in [0.15, 0.2) is 0 Å². The Labute approximate surface area is 118 Å². The summed E-state index contributed by atoms with van der Waals surface area (Å²) < 4.78 is 26.6. The van der Waals surface area contributed by atoms with Crippen LogP contribution in [0.5, 0.6) is 0 Å². The fourth-order valence-corrected chi connectivity index (χ4v) is 3.16. The van der Waals surface area contributed by atoms with Crippen molar-refractivity contribution in [3.05, 3.63) is 64.7 Å². The molecule has 2 aromatic carbocycles. The minimum absolute atomic E-state index is 0.0957. The standard InChI is InChI=1S/C14H14ClNO2S/c1-11-4-2-7-14(8-11)16-19(17,18)10-12-5-3-6-13(15)9-12/h2-9,16H,10H2,1H3. The maximum Gasteiger partial charge on any atom is 0.236 e. The van der Waals surface area contributed by atoms with E-state index in [1.165, 1.54) is 0 Å². The molecule has 0 aromatic heterocycles. The van der Waals surface area contributed by atoms with Crippen molar-refractivity contribution in [3.8, 4) is 0 Å². The molecule has 0 radical (unpaired) electrons. The zero-order chi connectivity index (χ0) is 13.9. The first kappa shape index (κ1) is 13.9. The average Bonchev–Trinajstić information content (AvgIpc) is 2.27. The van der Waals surface area contributed by atoms with Gasteiger partial charge in [-0.15, -0.1) is 0 Å². The molecule has 0 saturated carbocycles. The lowest BCUT2D eigenvalue weighted by Crippen LogP contribution is -2.15. The molecule has 5 heteroatoms. The van der Waals surface area contributed by atoms with Crippen LogP contribution in [0, 0.1) is 6.92 Å². The second-order valence-electron chi connectivity index (χ2n) is 4.36. The predicted octanol–water partition coefficient (Wildman–Crippen LogP) is 3.59. The molecule has 2 aromatic rings. The van der Waals surface area contributed by atoms with Gasteiger partial charge in [0, 0.05) is 10.7 Å². The lowest BCUT2D eigenvalue weighted by molar-refractivity contribution is 0.600. The van der Waals surface area contributed by atoms with Crippen molar-refractivity contribution in [1.29, 1.82) is 0 Å². The van der Waals surface area contributed by atoms with Gasteiger partial charge < -0.3 is 0 Å². The van der Waals surface area contributed by atoms with Crippen molar-refractivity contribution in [3.63, 3.8) is 0 Å². The van der Waals surface area contributed by atoms with Gasteiger partial charge >= 0.3 is 0 Å². The summed E-state index contributed by atoms with van der Waals surface area (Å²) in [5.74, 6) is -0.0957. The molecule has 1 N–H and O–H groups in total. The predicted molar refractivity (Wildman–Crippen MR) is 78.9 cm³/mol. The van der Waals surface area contributed by atoms with Gasteiger partial charge in [-0.3, -0.25) is 4.72 Å². The highest BCUT2D eigenvalue weighted by molar-refractivity contribution is 7.91.